The van der Waals surface area contributed by atoms with Crippen molar-refractivity contribution in [1.82, 2.24) is 10.6 Å². The van der Waals surface area contributed by atoms with E-state index in [9.17, 15) is 14.7 Å². The minimum absolute atomic E-state index is 0. The Morgan fingerprint density at radius 3 is 2.32 bits per heavy atom. The average Bonchev–Trinajstić information content (AvgIpc) is 2.90. The number of amides is 1. The first kappa shape index (κ1) is 30.1. The van der Waals surface area contributed by atoms with Crippen LogP contribution in [0, 0.1) is 0 Å². The van der Waals surface area contributed by atoms with Crippen LogP contribution >= 0.6 is 0 Å². The molecule has 1 aliphatic rings. The van der Waals surface area contributed by atoms with Crippen molar-refractivity contribution >= 4 is 11.7 Å². The highest BCUT2D eigenvalue weighted by atomic mass is 16.6. The number of unbranched alkanes of at least 4 members (excludes halogenated alkanes) is 2. The third-order valence-electron chi connectivity index (χ3n) is 6.10. The van der Waals surface area contributed by atoms with Crippen molar-refractivity contribution in [2.75, 3.05) is 26.9 Å². The number of methoxy groups -OCH3 is 1. The molecule has 8 heteroatoms. The van der Waals surface area contributed by atoms with E-state index in [1.807, 2.05) is 13.8 Å². The van der Waals surface area contributed by atoms with Crippen LogP contribution in [-0.4, -0.2) is 55.7 Å². The summed E-state index contributed by atoms with van der Waals surface area (Å²) in [6.45, 7) is 5.43. The lowest BCUT2D eigenvalue weighted by atomic mass is 10.0. The Kier molecular flexibility index (Phi) is 12.4. The molecule has 0 fully saturated rings. The van der Waals surface area contributed by atoms with Crippen molar-refractivity contribution in [3.8, 4) is 17.2 Å². The Balaban J connectivity index is 0.00000481. The molecule has 2 atom stereocenters. The first-order valence-corrected chi connectivity index (χ1v) is 12.6. The van der Waals surface area contributed by atoms with Crippen LogP contribution in [0.4, 0.5) is 0 Å². The summed E-state index contributed by atoms with van der Waals surface area (Å²) >= 11 is 0. The lowest BCUT2D eigenvalue weighted by molar-refractivity contribution is -0.122. The third kappa shape index (κ3) is 9.37. The van der Waals surface area contributed by atoms with Gasteiger partial charge in [-0.1, -0.05) is 33.8 Å². The number of ether oxygens (including phenoxy) is 3. The van der Waals surface area contributed by atoms with E-state index in [0.717, 1.165) is 18.6 Å². The Labute approximate surface area is 220 Å². The minimum Gasteiger partial charge on any atom is -0.497 e. The summed E-state index contributed by atoms with van der Waals surface area (Å²) in [5.74, 6) is 1.94. The van der Waals surface area contributed by atoms with Crippen LogP contribution in [0.15, 0.2) is 42.5 Å². The number of fused-ring (bicyclic) bond motifs is 1. The highest BCUT2D eigenvalue weighted by molar-refractivity contribution is 5.96. The molecule has 1 amide bonds. The van der Waals surface area contributed by atoms with E-state index in [-0.39, 0.29) is 25.2 Å². The number of carbonyl (C=O) groups is 2. The van der Waals surface area contributed by atoms with E-state index in [1.54, 1.807) is 49.6 Å². The SMILES string of the molecule is C.COc1ccc(C(=O)CCCCCC(=O)N[C@H](CNC(C)C)[C@H](O)c2ccc3c(c2)OCCO3)cc1. The second kappa shape index (κ2) is 15.2. The average molecular weight is 515 g/mol. The van der Waals surface area contributed by atoms with Gasteiger partial charge in [-0.3, -0.25) is 9.59 Å². The van der Waals surface area contributed by atoms with Crippen LogP contribution in [-0.2, 0) is 4.79 Å². The van der Waals surface area contributed by atoms with Gasteiger partial charge in [-0.2, -0.15) is 0 Å². The quantitative estimate of drug-likeness (QED) is 0.253. The van der Waals surface area contributed by atoms with Gasteiger partial charge in [0.2, 0.25) is 5.91 Å². The number of hydrogen-bond acceptors (Lipinski definition) is 7. The molecular formula is C29H42N2O6. The Bertz CT molecular complexity index is 992. The number of hydrogen-bond donors (Lipinski definition) is 3. The van der Waals surface area contributed by atoms with Gasteiger partial charge in [-0.15, -0.1) is 0 Å². The Hall–Kier alpha value is -3.10. The fraction of sp³-hybridized carbons (Fsp3) is 0.517. The molecule has 0 bridgehead atoms. The van der Waals surface area contributed by atoms with E-state index in [1.165, 1.54) is 0 Å². The van der Waals surface area contributed by atoms with E-state index in [0.29, 0.717) is 61.6 Å². The largest absolute Gasteiger partial charge is 0.497 e. The Morgan fingerprint density at radius 2 is 1.65 bits per heavy atom. The molecule has 0 aromatic heterocycles. The molecule has 0 unspecified atom stereocenters. The molecule has 8 nitrogen and oxygen atoms in total. The minimum atomic E-state index is -0.904. The molecule has 37 heavy (non-hydrogen) atoms. The maximum atomic E-state index is 12.7. The molecule has 0 saturated carbocycles. The lowest BCUT2D eigenvalue weighted by Gasteiger charge is -2.27. The number of Topliss-reactive ketones (excluding diaryl/α,β-unsaturated/α-hetero) is 1. The first-order valence-electron chi connectivity index (χ1n) is 12.6. The van der Waals surface area contributed by atoms with Crippen molar-refractivity contribution < 1.29 is 28.9 Å². The number of carbonyl (C=O) groups excluding carboxylic acids is 2. The third-order valence-corrected chi connectivity index (χ3v) is 6.10. The van der Waals surface area contributed by atoms with E-state index >= 15 is 0 Å². The van der Waals surface area contributed by atoms with Gasteiger partial charge in [0.25, 0.3) is 0 Å². The van der Waals surface area contributed by atoms with Crippen molar-refractivity contribution in [1.29, 1.82) is 0 Å². The number of benzene rings is 2. The van der Waals surface area contributed by atoms with Crippen LogP contribution in [0.25, 0.3) is 0 Å². The molecule has 3 N–H and O–H groups in total. The summed E-state index contributed by atoms with van der Waals surface area (Å²) < 4.78 is 16.3. The number of ketones is 1. The molecule has 2 aromatic carbocycles. The normalized spacial score (nSPS) is 13.9. The zero-order valence-corrected chi connectivity index (χ0v) is 21.4. The molecule has 2 aromatic rings. The van der Waals surface area contributed by atoms with Crippen LogP contribution < -0.4 is 24.8 Å². The van der Waals surface area contributed by atoms with Gasteiger partial charge in [-0.25, -0.2) is 0 Å². The molecular weight excluding hydrogens is 472 g/mol. The molecule has 0 radical (unpaired) electrons. The molecule has 0 saturated heterocycles. The Morgan fingerprint density at radius 1 is 0.973 bits per heavy atom. The van der Waals surface area contributed by atoms with E-state index < -0.39 is 12.1 Å². The molecule has 204 valence electrons. The number of nitrogens with one attached hydrogen (secondary N) is 2. The van der Waals surface area contributed by atoms with Crippen LogP contribution in [0.2, 0.25) is 0 Å². The zero-order chi connectivity index (χ0) is 25.9. The van der Waals surface area contributed by atoms with Crippen molar-refractivity contribution in [2.24, 2.45) is 0 Å². The van der Waals surface area contributed by atoms with Crippen LogP contribution in [0.5, 0.6) is 17.2 Å². The molecule has 3 rings (SSSR count). The lowest BCUT2D eigenvalue weighted by Crippen LogP contribution is -2.47. The fourth-order valence-electron chi connectivity index (χ4n) is 4.03. The summed E-state index contributed by atoms with van der Waals surface area (Å²) in [5.41, 5.74) is 1.33. The molecule has 0 aliphatic carbocycles. The monoisotopic (exact) mass is 514 g/mol. The maximum Gasteiger partial charge on any atom is 0.220 e. The summed E-state index contributed by atoms with van der Waals surface area (Å²) in [4.78, 5) is 25.0. The van der Waals surface area contributed by atoms with Gasteiger partial charge in [0.15, 0.2) is 17.3 Å². The predicted octanol–water partition coefficient (Wildman–Crippen LogP) is 4.45. The summed E-state index contributed by atoms with van der Waals surface area (Å²) in [6, 6.07) is 12.2. The molecule has 1 aliphatic heterocycles. The van der Waals surface area contributed by atoms with Gasteiger partial charge < -0.3 is 30.0 Å². The van der Waals surface area contributed by atoms with Crippen molar-refractivity contribution in [3.05, 3.63) is 53.6 Å². The van der Waals surface area contributed by atoms with Gasteiger partial charge >= 0.3 is 0 Å². The molecule has 0 spiro atoms. The number of aliphatic hydroxyl groups is 1. The van der Waals surface area contributed by atoms with Gasteiger partial charge in [0, 0.05) is 31.0 Å². The topological polar surface area (TPSA) is 106 Å². The summed E-state index contributed by atoms with van der Waals surface area (Å²) in [6.07, 6.45) is 2.04. The number of aliphatic hydroxyl groups excluding tert-OH is 1. The van der Waals surface area contributed by atoms with Gasteiger partial charge in [0.05, 0.1) is 13.2 Å². The summed E-state index contributed by atoms with van der Waals surface area (Å²) in [5, 5.41) is 17.3. The second-order valence-corrected chi connectivity index (χ2v) is 9.30. The van der Waals surface area contributed by atoms with E-state index in [2.05, 4.69) is 10.6 Å². The number of rotatable bonds is 14. The predicted molar refractivity (Wildman–Crippen MR) is 145 cm³/mol. The standard InChI is InChI=1S/C28H38N2O6.CH4/c1-19(2)29-18-23(28(33)21-11-14-25-26(17-21)36-16-15-35-25)30-27(32)8-6-4-5-7-24(31)20-9-12-22(34-3)13-10-20;/h9-14,17,19,23,28-29,33H,4-8,15-16,18H2,1-3H3,(H,30,32);1H4/t23-,28-;/m1./s1. The van der Waals surface area contributed by atoms with E-state index in [4.69, 9.17) is 14.2 Å². The summed E-state index contributed by atoms with van der Waals surface area (Å²) in [7, 11) is 1.59. The van der Waals surface area contributed by atoms with Gasteiger partial charge in [-0.05, 0) is 54.8 Å². The van der Waals surface area contributed by atoms with Crippen LogP contribution in [0.3, 0.4) is 0 Å². The first-order chi connectivity index (χ1) is 17.4. The second-order valence-electron chi connectivity index (χ2n) is 9.30. The van der Waals surface area contributed by atoms with Crippen molar-refractivity contribution in [2.45, 2.75) is 71.6 Å². The maximum absolute atomic E-state index is 12.7. The highest BCUT2D eigenvalue weighted by Crippen LogP contribution is 2.33. The smallest absolute Gasteiger partial charge is 0.220 e. The molecule has 1 heterocycles. The van der Waals surface area contributed by atoms with Gasteiger partial charge in [0.1, 0.15) is 25.1 Å². The highest BCUT2D eigenvalue weighted by Gasteiger charge is 2.25. The van der Waals surface area contributed by atoms with Crippen LogP contribution in [0.1, 0.15) is 75.4 Å². The fourth-order valence-corrected chi connectivity index (χ4v) is 4.03. The zero-order valence-electron chi connectivity index (χ0n) is 21.4. The van der Waals surface area contributed by atoms with Crippen molar-refractivity contribution in [3.63, 3.8) is 0 Å².